The second-order valence-electron chi connectivity index (χ2n) is 7.00. The van der Waals surface area contributed by atoms with E-state index in [1.807, 2.05) is 0 Å². The summed E-state index contributed by atoms with van der Waals surface area (Å²) in [6.07, 6.45) is 6.69. The lowest BCUT2D eigenvalue weighted by molar-refractivity contribution is -0.136. The molecule has 1 aliphatic carbocycles. The van der Waals surface area contributed by atoms with Gasteiger partial charge in [-0.15, -0.1) is 12.4 Å². The maximum Gasteiger partial charge on any atom is 0.262 e. The van der Waals surface area contributed by atoms with Gasteiger partial charge < -0.3 is 9.64 Å². The Hall–Kier alpha value is -0.460. The number of halogens is 3. The van der Waals surface area contributed by atoms with Gasteiger partial charge in [0.15, 0.2) is 0 Å². The zero-order valence-electron chi connectivity index (χ0n) is 13.4. The topological polar surface area (TPSA) is 41.6 Å². The molecular weight excluding hydrogens is 326 g/mol. The average Bonchev–Trinajstić information content (AvgIpc) is 3.14. The molecular formula is C16H27ClF2N2O2. The van der Waals surface area contributed by atoms with Gasteiger partial charge in [-0.2, -0.15) is 0 Å². The van der Waals surface area contributed by atoms with E-state index in [9.17, 15) is 13.6 Å². The summed E-state index contributed by atoms with van der Waals surface area (Å²) in [5, 5.41) is 2.64. The van der Waals surface area contributed by atoms with Gasteiger partial charge in [0.05, 0.1) is 18.7 Å². The van der Waals surface area contributed by atoms with Crippen molar-refractivity contribution in [1.82, 2.24) is 10.2 Å². The summed E-state index contributed by atoms with van der Waals surface area (Å²) in [6.45, 7) is 1.70. The van der Waals surface area contributed by atoms with Crippen molar-refractivity contribution in [1.29, 1.82) is 0 Å². The number of hydrogen-bond acceptors (Lipinski definition) is 3. The van der Waals surface area contributed by atoms with Crippen LogP contribution in [0.3, 0.4) is 0 Å². The summed E-state index contributed by atoms with van der Waals surface area (Å²) in [6, 6.07) is -0.717. The first kappa shape index (κ1) is 18.9. The van der Waals surface area contributed by atoms with Crippen molar-refractivity contribution >= 4 is 18.3 Å². The van der Waals surface area contributed by atoms with E-state index < -0.39 is 12.0 Å². The molecule has 0 bridgehead atoms. The van der Waals surface area contributed by atoms with E-state index in [1.165, 1.54) is 25.7 Å². The molecule has 3 aliphatic rings. The Morgan fingerprint density at radius 3 is 2.39 bits per heavy atom. The highest BCUT2D eigenvalue weighted by Gasteiger charge is 2.43. The molecule has 1 amide bonds. The molecule has 2 saturated heterocycles. The van der Waals surface area contributed by atoms with Crippen molar-refractivity contribution < 1.29 is 18.3 Å². The summed E-state index contributed by atoms with van der Waals surface area (Å²) in [4.78, 5) is 14.0. The Morgan fingerprint density at radius 2 is 1.83 bits per heavy atom. The molecule has 0 radical (unpaired) electrons. The maximum absolute atomic E-state index is 13.2. The number of piperidine rings is 1. The first-order valence-corrected chi connectivity index (χ1v) is 8.55. The van der Waals surface area contributed by atoms with Crippen LogP contribution in [0.1, 0.15) is 44.9 Å². The van der Waals surface area contributed by atoms with Crippen molar-refractivity contribution in [2.24, 2.45) is 5.92 Å². The van der Waals surface area contributed by atoms with Crippen LogP contribution in [0.25, 0.3) is 0 Å². The predicted octanol–water partition coefficient (Wildman–Crippen LogP) is 2.60. The van der Waals surface area contributed by atoms with Crippen LogP contribution in [0.5, 0.6) is 0 Å². The molecule has 0 aromatic carbocycles. The number of alkyl halides is 2. The summed E-state index contributed by atoms with van der Waals surface area (Å²) in [7, 11) is 0. The number of likely N-dealkylation sites (tertiary alicyclic amines) is 1. The van der Waals surface area contributed by atoms with Crippen LogP contribution in [0.4, 0.5) is 8.78 Å². The standard InChI is InChI=1S/C16H26F2N2O2.ClH/c17-16(18)9-14(19-11-16)15(21)20-7-5-13(6-8-20)22-10-12-3-1-2-4-12;/h12-14,19H,1-11H2;1H. The largest absolute Gasteiger partial charge is 0.378 e. The summed E-state index contributed by atoms with van der Waals surface area (Å²) >= 11 is 0. The van der Waals surface area contributed by atoms with Crippen molar-refractivity contribution in [2.75, 3.05) is 26.2 Å². The first-order valence-electron chi connectivity index (χ1n) is 8.55. The number of rotatable bonds is 4. The highest BCUT2D eigenvalue weighted by Crippen LogP contribution is 2.28. The third-order valence-electron chi connectivity index (χ3n) is 5.20. The van der Waals surface area contributed by atoms with Crippen LogP contribution >= 0.6 is 12.4 Å². The summed E-state index contributed by atoms with van der Waals surface area (Å²) in [5.41, 5.74) is 0. The average molecular weight is 353 g/mol. The number of carbonyl (C=O) groups excluding carboxylic acids is 1. The van der Waals surface area contributed by atoms with Gasteiger partial charge >= 0.3 is 0 Å². The fourth-order valence-corrected chi connectivity index (χ4v) is 3.80. The van der Waals surface area contributed by atoms with E-state index >= 15 is 0 Å². The van der Waals surface area contributed by atoms with Gasteiger partial charge in [-0.25, -0.2) is 8.78 Å². The van der Waals surface area contributed by atoms with Crippen LogP contribution in [-0.2, 0) is 9.53 Å². The molecule has 0 aromatic rings. The summed E-state index contributed by atoms with van der Waals surface area (Å²) < 4.78 is 32.3. The van der Waals surface area contributed by atoms with Crippen molar-refractivity contribution in [3.05, 3.63) is 0 Å². The van der Waals surface area contributed by atoms with Crippen LogP contribution in [0.2, 0.25) is 0 Å². The Labute approximate surface area is 142 Å². The minimum absolute atomic E-state index is 0. The Balaban J connectivity index is 0.00000192. The van der Waals surface area contributed by atoms with Gasteiger partial charge in [0.25, 0.3) is 5.92 Å². The first-order chi connectivity index (χ1) is 10.5. The second-order valence-corrected chi connectivity index (χ2v) is 7.00. The van der Waals surface area contributed by atoms with Crippen LogP contribution in [-0.4, -0.2) is 55.1 Å². The molecule has 7 heteroatoms. The van der Waals surface area contributed by atoms with E-state index in [1.54, 1.807) is 4.90 Å². The van der Waals surface area contributed by atoms with E-state index in [2.05, 4.69) is 5.32 Å². The molecule has 2 heterocycles. The van der Waals surface area contributed by atoms with Crippen LogP contribution < -0.4 is 5.32 Å². The monoisotopic (exact) mass is 352 g/mol. The highest BCUT2D eigenvalue weighted by molar-refractivity contribution is 5.85. The minimum Gasteiger partial charge on any atom is -0.378 e. The fraction of sp³-hybridized carbons (Fsp3) is 0.938. The molecule has 4 nitrogen and oxygen atoms in total. The van der Waals surface area contributed by atoms with Crippen LogP contribution in [0, 0.1) is 5.92 Å². The van der Waals surface area contributed by atoms with Crippen molar-refractivity contribution in [3.63, 3.8) is 0 Å². The smallest absolute Gasteiger partial charge is 0.262 e. The molecule has 1 N–H and O–H groups in total. The molecule has 1 saturated carbocycles. The van der Waals surface area contributed by atoms with Gasteiger partial charge in [0.2, 0.25) is 5.91 Å². The van der Waals surface area contributed by atoms with Crippen LogP contribution in [0.15, 0.2) is 0 Å². The van der Waals surface area contributed by atoms with Crippen molar-refractivity contribution in [3.8, 4) is 0 Å². The van der Waals surface area contributed by atoms with Gasteiger partial charge in [0, 0.05) is 26.1 Å². The lowest BCUT2D eigenvalue weighted by atomic mass is 10.0. The number of ether oxygens (including phenoxy) is 1. The molecule has 3 fully saturated rings. The molecule has 1 atom stereocenters. The molecule has 134 valence electrons. The molecule has 0 aromatic heterocycles. The third kappa shape index (κ3) is 5.00. The molecule has 23 heavy (non-hydrogen) atoms. The van der Waals surface area contributed by atoms with E-state index in [0.717, 1.165) is 19.4 Å². The Kier molecular flexibility index (Phi) is 6.63. The highest BCUT2D eigenvalue weighted by atomic mass is 35.5. The van der Waals surface area contributed by atoms with E-state index in [-0.39, 0.29) is 37.4 Å². The van der Waals surface area contributed by atoms with Gasteiger partial charge in [0.1, 0.15) is 0 Å². The number of amides is 1. The number of nitrogens with one attached hydrogen (secondary N) is 1. The van der Waals surface area contributed by atoms with Gasteiger partial charge in [-0.1, -0.05) is 12.8 Å². The lowest BCUT2D eigenvalue weighted by Gasteiger charge is -2.33. The molecule has 3 rings (SSSR count). The van der Waals surface area contributed by atoms with Crippen molar-refractivity contribution in [2.45, 2.75) is 63.0 Å². The summed E-state index contributed by atoms with van der Waals surface area (Å²) in [5.74, 6) is -2.21. The molecule has 2 aliphatic heterocycles. The fourth-order valence-electron chi connectivity index (χ4n) is 3.80. The van der Waals surface area contributed by atoms with Gasteiger partial charge in [-0.05, 0) is 31.6 Å². The molecule has 0 spiro atoms. The zero-order chi connectivity index (χ0) is 15.6. The van der Waals surface area contributed by atoms with Gasteiger partial charge in [-0.3, -0.25) is 10.1 Å². The second kappa shape index (κ2) is 8.08. The molecule has 1 unspecified atom stereocenters. The maximum atomic E-state index is 13.2. The number of carbonyl (C=O) groups is 1. The Morgan fingerprint density at radius 1 is 1.17 bits per heavy atom. The lowest BCUT2D eigenvalue weighted by Crippen LogP contribution is -2.48. The Bertz CT molecular complexity index is 398. The third-order valence-corrected chi connectivity index (χ3v) is 5.20. The quantitative estimate of drug-likeness (QED) is 0.845. The number of nitrogens with zero attached hydrogens (tertiary/aromatic N) is 1. The SMILES string of the molecule is Cl.O=C(C1CC(F)(F)CN1)N1CCC(OCC2CCCC2)CC1. The minimum atomic E-state index is -2.75. The predicted molar refractivity (Wildman–Crippen MR) is 86.1 cm³/mol. The van der Waals surface area contributed by atoms with E-state index in [0.29, 0.717) is 19.0 Å². The van der Waals surface area contributed by atoms with E-state index in [4.69, 9.17) is 4.74 Å². The number of hydrogen-bond donors (Lipinski definition) is 1. The normalized spacial score (nSPS) is 28.8. The zero-order valence-corrected chi connectivity index (χ0v) is 14.3.